The molecule has 2 N–H and O–H groups in total. The lowest BCUT2D eigenvalue weighted by Gasteiger charge is -2.08. The molecule has 0 unspecified atom stereocenters. The van der Waals surface area contributed by atoms with Crippen LogP contribution in [0.2, 0.25) is 0 Å². The zero-order valence-electron chi connectivity index (χ0n) is 8.06. The highest BCUT2D eigenvalue weighted by molar-refractivity contribution is 5.73. The lowest BCUT2D eigenvalue weighted by atomic mass is 10.6. The van der Waals surface area contributed by atoms with E-state index in [1.54, 1.807) is 0 Å². The molecule has 0 rings (SSSR count). The molecule has 2 amide bonds. The molecule has 0 aromatic rings. The zero-order chi connectivity index (χ0) is 11.7. The largest absolute Gasteiger partial charge is 0.411 e. The van der Waals surface area contributed by atoms with Gasteiger partial charge < -0.3 is 15.4 Å². The van der Waals surface area contributed by atoms with Crippen molar-refractivity contribution >= 4 is 6.03 Å². The smallest absolute Gasteiger partial charge is 0.370 e. The van der Waals surface area contributed by atoms with Gasteiger partial charge >= 0.3 is 12.2 Å². The molecular weight excluding hydrogens is 213 g/mol. The molecule has 0 radical (unpaired) electrons. The molecule has 15 heavy (non-hydrogen) atoms. The van der Waals surface area contributed by atoms with Crippen molar-refractivity contribution in [2.75, 3.05) is 26.3 Å². The van der Waals surface area contributed by atoms with Crippen LogP contribution >= 0.6 is 0 Å². The number of nitrogens with one attached hydrogen (secondary N) is 2. The van der Waals surface area contributed by atoms with Crippen molar-refractivity contribution in [2.24, 2.45) is 0 Å². The van der Waals surface area contributed by atoms with E-state index < -0.39 is 18.8 Å². The second kappa shape index (κ2) is 7.10. The average molecular weight is 226 g/mol. The predicted molar refractivity (Wildman–Crippen MR) is 48.5 cm³/mol. The molecule has 0 saturated heterocycles. The van der Waals surface area contributed by atoms with E-state index in [-0.39, 0.29) is 13.2 Å². The van der Waals surface area contributed by atoms with Crippen molar-refractivity contribution < 1.29 is 22.7 Å². The normalized spacial score (nSPS) is 10.9. The minimum Gasteiger partial charge on any atom is -0.370 e. The van der Waals surface area contributed by atoms with Gasteiger partial charge in [-0.1, -0.05) is 6.08 Å². The van der Waals surface area contributed by atoms with E-state index in [9.17, 15) is 18.0 Å². The van der Waals surface area contributed by atoms with Crippen LogP contribution in [-0.2, 0) is 4.74 Å². The Bertz CT molecular complexity index is 207. The molecule has 0 aromatic heterocycles. The number of carbonyl (C=O) groups excluding carboxylic acids is 1. The van der Waals surface area contributed by atoms with Gasteiger partial charge in [0.15, 0.2) is 0 Å². The highest BCUT2D eigenvalue weighted by Gasteiger charge is 2.27. The summed E-state index contributed by atoms with van der Waals surface area (Å²) < 4.78 is 39.0. The Labute approximate surface area is 85.5 Å². The topological polar surface area (TPSA) is 50.4 Å². The van der Waals surface area contributed by atoms with Gasteiger partial charge in [0.25, 0.3) is 0 Å². The summed E-state index contributed by atoms with van der Waals surface area (Å²) in [6, 6.07) is -0.467. The summed E-state index contributed by atoms with van der Waals surface area (Å²) in [4.78, 5) is 10.8. The molecule has 0 atom stereocenters. The van der Waals surface area contributed by atoms with Crippen LogP contribution in [0.25, 0.3) is 0 Å². The van der Waals surface area contributed by atoms with Crippen LogP contribution in [0.1, 0.15) is 0 Å². The minimum absolute atomic E-state index is 0.0268. The first kappa shape index (κ1) is 13.8. The summed E-state index contributed by atoms with van der Waals surface area (Å²) in [5.74, 6) is 0. The summed E-state index contributed by atoms with van der Waals surface area (Å²) >= 11 is 0. The van der Waals surface area contributed by atoms with Gasteiger partial charge in [-0.15, -0.1) is 6.58 Å². The number of hydrogen-bond donors (Lipinski definition) is 2. The van der Waals surface area contributed by atoms with E-state index in [0.717, 1.165) is 0 Å². The van der Waals surface area contributed by atoms with Crippen LogP contribution < -0.4 is 10.6 Å². The molecule has 0 saturated carbocycles. The monoisotopic (exact) mass is 226 g/mol. The molecule has 0 heterocycles. The Hall–Kier alpha value is -1.24. The van der Waals surface area contributed by atoms with Crippen LogP contribution in [0, 0.1) is 0 Å². The number of ether oxygens (including phenoxy) is 1. The van der Waals surface area contributed by atoms with Crippen molar-refractivity contribution in [1.29, 1.82) is 0 Å². The van der Waals surface area contributed by atoms with Crippen LogP contribution in [-0.4, -0.2) is 38.5 Å². The molecule has 88 valence electrons. The van der Waals surface area contributed by atoms with Crippen molar-refractivity contribution in [3.8, 4) is 0 Å². The van der Waals surface area contributed by atoms with Crippen molar-refractivity contribution in [2.45, 2.75) is 6.18 Å². The van der Waals surface area contributed by atoms with E-state index in [4.69, 9.17) is 0 Å². The maximum atomic E-state index is 11.6. The number of hydrogen-bond acceptors (Lipinski definition) is 2. The minimum atomic E-state index is -4.33. The van der Waals surface area contributed by atoms with Crippen LogP contribution in [0.15, 0.2) is 12.7 Å². The number of rotatable bonds is 6. The quantitative estimate of drug-likeness (QED) is 0.525. The van der Waals surface area contributed by atoms with Gasteiger partial charge in [0.1, 0.15) is 6.61 Å². The molecule has 0 aliphatic rings. The van der Waals surface area contributed by atoms with E-state index >= 15 is 0 Å². The average Bonchev–Trinajstić information content (AvgIpc) is 2.12. The number of halogens is 3. The first-order valence-corrected chi connectivity index (χ1v) is 4.23. The summed E-state index contributed by atoms with van der Waals surface area (Å²) in [5, 5.41) is 4.71. The summed E-state index contributed by atoms with van der Waals surface area (Å²) in [5.41, 5.74) is 0. The fourth-order valence-electron chi connectivity index (χ4n) is 0.652. The molecule has 0 fully saturated rings. The Balaban J connectivity index is 3.31. The molecule has 0 spiro atoms. The summed E-state index contributed by atoms with van der Waals surface area (Å²) in [6.07, 6.45) is -2.84. The lowest BCUT2D eigenvalue weighted by molar-refractivity contribution is -0.173. The SMILES string of the molecule is C=CCNC(=O)NCCOCC(F)(F)F. The fourth-order valence-corrected chi connectivity index (χ4v) is 0.652. The van der Waals surface area contributed by atoms with Crippen molar-refractivity contribution in [3.05, 3.63) is 12.7 Å². The van der Waals surface area contributed by atoms with Gasteiger partial charge in [-0.2, -0.15) is 13.2 Å². The zero-order valence-corrected chi connectivity index (χ0v) is 8.06. The van der Waals surface area contributed by atoms with Gasteiger partial charge in [0.05, 0.1) is 6.61 Å². The van der Waals surface area contributed by atoms with E-state index in [2.05, 4.69) is 21.9 Å². The van der Waals surface area contributed by atoms with Gasteiger partial charge in [-0.25, -0.2) is 4.79 Å². The van der Waals surface area contributed by atoms with Crippen molar-refractivity contribution in [1.82, 2.24) is 10.6 Å². The molecule has 0 bridgehead atoms. The Morgan fingerprint density at radius 2 is 2.07 bits per heavy atom. The highest BCUT2D eigenvalue weighted by Crippen LogP contribution is 2.13. The molecule has 0 aliphatic carbocycles. The van der Waals surface area contributed by atoms with Gasteiger partial charge in [0.2, 0.25) is 0 Å². The van der Waals surface area contributed by atoms with Gasteiger partial charge in [-0.05, 0) is 0 Å². The second-order valence-electron chi connectivity index (χ2n) is 2.59. The molecule has 0 aliphatic heterocycles. The first-order valence-electron chi connectivity index (χ1n) is 4.23. The van der Waals surface area contributed by atoms with Crippen LogP contribution in [0.4, 0.5) is 18.0 Å². The third kappa shape index (κ3) is 10.7. The maximum Gasteiger partial charge on any atom is 0.411 e. The number of urea groups is 1. The molecule has 4 nitrogen and oxygen atoms in total. The maximum absolute atomic E-state index is 11.6. The predicted octanol–water partition coefficient (Wildman–Crippen LogP) is 1.05. The Morgan fingerprint density at radius 1 is 1.40 bits per heavy atom. The van der Waals surface area contributed by atoms with E-state index in [1.807, 2.05) is 0 Å². The first-order chi connectivity index (χ1) is 6.95. The molecular formula is C8H13F3N2O2. The number of carbonyl (C=O) groups is 1. The van der Waals surface area contributed by atoms with E-state index in [0.29, 0.717) is 6.54 Å². The molecule has 7 heteroatoms. The summed E-state index contributed by atoms with van der Waals surface area (Å²) in [7, 11) is 0. The number of amides is 2. The fraction of sp³-hybridized carbons (Fsp3) is 0.625. The van der Waals surface area contributed by atoms with Crippen LogP contribution in [0.3, 0.4) is 0 Å². The third-order valence-corrected chi connectivity index (χ3v) is 1.20. The van der Waals surface area contributed by atoms with Crippen LogP contribution in [0.5, 0.6) is 0 Å². The van der Waals surface area contributed by atoms with Gasteiger partial charge in [-0.3, -0.25) is 0 Å². The Morgan fingerprint density at radius 3 is 2.60 bits per heavy atom. The van der Waals surface area contributed by atoms with Crippen molar-refractivity contribution in [3.63, 3.8) is 0 Å². The lowest BCUT2D eigenvalue weighted by Crippen LogP contribution is -2.37. The van der Waals surface area contributed by atoms with E-state index in [1.165, 1.54) is 6.08 Å². The Kier molecular flexibility index (Phi) is 6.52. The van der Waals surface area contributed by atoms with Gasteiger partial charge in [0, 0.05) is 13.1 Å². The standard InChI is InChI=1S/C8H13F3N2O2/c1-2-3-12-7(14)13-4-5-15-6-8(9,10)11/h2H,1,3-6H2,(H2,12,13,14). The second-order valence-corrected chi connectivity index (χ2v) is 2.59. The number of alkyl halides is 3. The third-order valence-electron chi connectivity index (χ3n) is 1.20. The molecule has 0 aromatic carbocycles. The summed E-state index contributed by atoms with van der Waals surface area (Å²) in [6.45, 7) is 2.22. The highest BCUT2D eigenvalue weighted by atomic mass is 19.4.